The molecule has 0 saturated carbocycles. The molecule has 2 aromatic heterocycles. The van der Waals surface area contributed by atoms with Crippen LogP contribution in [-0.2, 0) is 34.3 Å². The third-order valence-corrected chi connectivity index (χ3v) is 10.0. The quantitative estimate of drug-likeness (QED) is 0.618. The van der Waals surface area contributed by atoms with Crippen molar-refractivity contribution >= 4 is 60.3 Å². The van der Waals surface area contributed by atoms with E-state index in [0.29, 0.717) is 18.1 Å². The molecule has 0 radical (unpaired) electrons. The highest BCUT2D eigenvalue weighted by Crippen LogP contribution is 2.33. The van der Waals surface area contributed by atoms with Gasteiger partial charge in [-0.3, -0.25) is 4.79 Å². The average molecular weight is 483 g/mol. The smallest absolute Gasteiger partial charge is 0.253 e. The van der Waals surface area contributed by atoms with Crippen molar-refractivity contribution in [3.8, 4) is 0 Å². The molecule has 1 aromatic carbocycles. The summed E-state index contributed by atoms with van der Waals surface area (Å²) in [5.74, 6) is -0.194. The maximum Gasteiger partial charge on any atom is 0.253 e. The molecule has 2 aliphatic heterocycles. The topological polar surface area (TPSA) is 82.6 Å². The Morgan fingerprint density at radius 2 is 2.07 bits per heavy atom. The lowest BCUT2D eigenvalue weighted by Gasteiger charge is -2.32. The molecule has 0 bridgehead atoms. The number of halogens is 1. The summed E-state index contributed by atoms with van der Waals surface area (Å²) in [5.41, 5.74) is 1.12. The number of thiazole rings is 1. The number of thiophene rings is 1. The Morgan fingerprint density at radius 3 is 2.87 bits per heavy atom. The van der Waals surface area contributed by atoms with Crippen LogP contribution >= 0.6 is 34.3 Å². The average Bonchev–Trinajstić information content (AvgIpc) is 3.32. The number of hydrogen-bond donors (Lipinski definition) is 1. The van der Waals surface area contributed by atoms with E-state index in [1.165, 1.54) is 20.5 Å². The Morgan fingerprint density at radius 1 is 1.20 bits per heavy atom. The first kappa shape index (κ1) is 20.3. The predicted molar refractivity (Wildman–Crippen MR) is 119 cm³/mol. The van der Waals surface area contributed by atoms with Crippen LogP contribution in [0.1, 0.15) is 15.6 Å². The van der Waals surface area contributed by atoms with Gasteiger partial charge in [0.25, 0.3) is 10.0 Å². The first-order chi connectivity index (χ1) is 14.4. The maximum atomic E-state index is 13.1. The van der Waals surface area contributed by atoms with E-state index in [1.54, 1.807) is 40.5 Å². The van der Waals surface area contributed by atoms with Crippen LogP contribution in [0.2, 0.25) is 5.02 Å². The van der Waals surface area contributed by atoms with Gasteiger partial charge in [0.15, 0.2) is 0 Å². The molecule has 0 atom stereocenters. The second-order valence-electron chi connectivity index (χ2n) is 7.31. The van der Waals surface area contributed by atoms with Gasteiger partial charge in [-0.2, -0.15) is 4.31 Å². The monoisotopic (exact) mass is 482 g/mol. The second kappa shape index (κ2) is 7.85. The van der Waals surface area contributed by atoms with E-state index in [1.807, 2.05) is 0 Å². The van der Waals surface area contributed by atoms with Crippen molar-refractivity contribution < 1.29 is 13.2 Å². The number of fused-ring (bicyclic) bond motifs is 2. The number of benzene rings is 1. The Kier molecular flexibility index (Phi) is 5.32. The van der Waals surface area contributed by atoms with Gasteiger partial charge in [0.2, 0.25) is 5.91 Å². The van der Waals surface area contributed by atoms with Gasteiger partial charge in [-0.25, -0.2) is 13.4 Å². The lowest BCUT2D eigenvalue weighted by Crippen LogP contribution is -2.51. The van der Waals surface area contributed by atoms with Crippen LogP contribution in [0.3, 0.4) is 0 Å². The highest BCUT2D eigenvalue weighted by molar-refractivity contribution is 7.91. The SMILES string of the molecule is O=C1CN(S(=O)(=O)c2cc3ccc(Cl)cc3s2)CCN1Cc1nc2c(s1)CNCC2. The Balaban J connectivity index is 1.30. The molecule has 1 amide bonds. The molecule has 4 heterocycles. The number of hydrogen-bond acceptors (Lipinski definition) is 7. The number of carbonyl (C=O) groups is 1. The number of nitrogens with one attached hydrogen (secondary N) is 1. The van der Waals surface area contributed by atoms with Crippen molar-refractivity contribution in [1.29, 1.82) is 0 Å². The number of nitrogens with zero attached hydrogens (tertiary/aromatic N) is 3. The zero-order valence-corrected chi connectivity index (χ0v) is 19.1. The van der Waals surface area contributed by atoms with Gasteiger partial charge in [0.05, 0.1) is 18.8 Å². The number of rotatable bonds is 4. The van der Waals surface area contributed by atoms with Crippen molar-refractivity contribution in [2.45, 2.75) is 23.7 Å². The Labute approximate surface area is 187 Å². The van der Waals surface area contributed by atoms with Crippen LogP contribution in [-0.4, -0.2) is 54.7 Å². The van der Waals surface area contributed by atoms with Gasteiger partial charge < -0.3 is 10.2 Å². The van der Waals surface area contributed by atoms with Crippen molar-refractivity contribution in [3.05, 3.63) is 44.9 Å². The van der Waals surface area contributed by atoms with Crippen LogP contribution in [0, 0.1) is 0 Å². The molecule has 5 rings (SSSR count). The van der Waals surface area contributed by atoms with Crippen molar-refractivity contribution in [1.82, 2.24) is 19.5 Å². The summed E-state index contributed by atoms with van der Waals surface area (Å²) in [5, 5.41) is 5.63. The van der Waals surface area contributed by atoms with Crippen LogP contribution in [0.4, 0.5) is 0 Å². The lowest BCUT2D eigenvalue weighted by molar-refractivity contribution is -0.134. The van der Waals surface area contributed by atoms with Gasteiger partial charge in [-0.1, -0.05) is 17.7 Å². The minimum atomic E-state index is -3.73. The zero-order chi connectivity index (χ0) is 20.9. The van der Waals surface area contributed by atoms with Gasteiger partial charge >= 0.3 is 0 Å². The Bertz CT molecular complexity index is 1210. The number of sulfonamides is 1. The summed E-state index contributed by atoms with van der Waals surface area (Å²) >= 11 is 8.82. The number of carbonyl (C=O) groups excluding carboxylic acids is 1. The molecular weight excluding hydrogens is 464 g/mol. The molecule has 1 N–H and O–H groups in total. The standard InChI is InChI=1S/C19H19ClN4O3S3/c20-13-2-1-12-7-19(29-15(12)8-13)30(26,27)24-6-5-23(18(25)11-24)10-17-22-14-3-4-21-9-16(14)28-17/h1-2,7-8,21H,3-6,9-11H2. The highest BCUT2D eigenvalue weighted by atomic mass is 35.5. The number of amides is 1. The van der Waals surface area contributed by atoms with Crippen molar-refractivity contribution in [3.63, 3.8) is 0 Å². The summed E-state index contributed by atoms with van der Waals surface area (Å²) in [7, 11) is -3.73. The van der Waals surface area contributed by atoms with E-state index in [2.05, 4.69) is 10.3 Å². The predicted octanol–water partition coefficient (Wildman–Crippen LogP) is 2.69. The van der Waals surface area contributed by atoms with E-state index in [9.17, 15) is 13.2 Å². The largest absolute Gasteiger partial charge is 0.333 e. The third kappa shape index (κ3) is 3.76. The van der Waals surface area contributed by atoms with Gasteiger partial charge in [0.1, 0.15) is 9.22 Å². The van der Waals surface area contributed by atoms with Crippen molar-refractivity contribution in [2.24, 2.45) is 0 Å². The summed E-state index contributed by atoms with van der Waals surface area (Å²) < 4.78 is 28.5. The van der Waals surface area contributed by atoms with E-state index in [-0.39, 0.29) is 23.2 Å². The first-order valence-electron chi connectivity index (χ1n) is 9.55. The number of piperazine rings is 1. The molecule has 7 nitrogen and oxygen atoms in total. The molecule has 0 spiro atoms. The van der Waals surface area contributed by atoms with Crippen LogP contribution in [0.25, 0.3) is 10.1 Å². The van der Waals surface area contributed by atoms with Gasteiger partial charge in [-0.05, 0) is 23.6 Å². The fraction of sp³-hybridized carbons (Fsp3) is 0.368. The second-order valence-corrected chi connectivity index (χ2v) is 12.2. The summed E-state index contributed by atoms with van der Waals surface area (Å²) in [4.78, 5) is 20.3. The lowest BCUT2D eigenvalue weighted by atomic mass is 10.2. The molecule has 0 unspecified atom stereocenters. The first-order valence-corrected chi connectivity index (χ1v) is 13.0. The molecule has 11 heteroatoms. The van der Waals surface area contributed by atoms with Gasteiger partial charge in [-0.15, -0.1) is 22.7 Å². The molecule has 2 aliphatic rings. The highest BCUT2D eigenvalue weighted by Gasteiger charge is 2.34. The number of aromatic nitrogens is 1. The normalized spacial score (nSPS) is 18.2. The molecule has 3 aromatic rings. The Hall–Kier alpha value is -1.56. The van der Waals surface area contributed by atoms with E-state index in [4.69, 9.17) is 11.6 Å². The van der Waals surface area contributed by atoms with Crippen molar-refractivity contribution in [2.75, 3.05) is 26.2 Å². The molecule has 158 valence electrons. The molecule has 1 saturated heterocycles. The van der Waals surface area contributed by atoms with Crippen LogP contribution in [0.5, 0.6) is 0 Å². The van der Waals surface area contributed by atoms with Gasteiger partial charge in [0, 0.05) is 47.2 Å². The van der Waals surface area contributed by atoms with E-state index >= 15 is 0 Å². The van der Waals surface area contributed by atoms with E-state index in [0.717, 1.165) is 40.3 Å². The minimum Gasteiger partial charge on any atom is -0.333 e. The summed E-state index contributed by atoms with van der Waals surface area (Å²) in [6.07, 6.45) is 0.909. The zero-order valence-electron chi connectivity index (χ0n) is 15.9. The van der Waals surface area contributed by atoms with E-state index < -0.39 is 10.0 Å². The molecule has 1 fully saturated rings. The molecule has 0 aliphatic carbocycles. The fourth-order valence-electron chi connectivity index (χ4n) is 3.70. The van der Waals surface area contributed by atoms with Crippen LogP contribution in [0.15, 0.2) is 28.5 Å². The summed E-state index contributed by atoms with van der Waals surface area (Å²) in [6.45, 7) is 2.67. The summed E-state index contributed by atoms with van der Waals surface area (Å²) in [6, 6.07) is 6.95. The fourth-order valence-corrected chi connectivity index (χ4v) is 8.01. The molecule has 30 heavy (non-hydrogen) atoms. The third-order valence-electron chi connectivity index (χ3n) is 5.31. The minimum absolute atomic E-state index is 0.149. The van der Waals surface area contributed by atoms with Crippen LogP contribution < -0.4 is 5.32 Å². The maximum absolute atomic E-state index is 13.1. The molecular formula is C19H19ClN4O3S3.